The van der Waals surface area contributed by atoms with Gasteiger partial charge in [-0.05, 0) is 128 Å². The Bertz CT molecular complexity index is 1940. The SMILES string of the molecule is C1=Cc2cc3ccc(cc4ccc(cc5nc(cc1n2)C=C5)[nH]4)[nH]3.CC(C)Cc1ccc(C(C)C(=O)O)cc1.NCC1(CC(=O)O)CCCCC1. The van der Waals surface area contributed by atoms with E-state index < -0.39 is 17.9 Å². The summed E-state index contributed by atoms with van der Waals surface area (Å²) in [4.78, 5) is 37.4. The van der Waals surface area contributed by atoms with E-state index in [1.165, 1.54) is 12.0 Å². The molecule has 1 atom stereocenters. The Kier molecular flexibility index (Phi) is 12.4. The summed E-state index contributed by atoms with van der Waals surface area (Å²) in [6, 6.07) is 24.3. The molecular formula is C42H49N5O4. The van der Waals surface area contributed by atoms with Crippen molar-refractivity contribution in [1.29, 1.82) is 0 Å². The molecule has 4 aromatic rings. The van der Waals surface area contributed by atoms with Crippen molar-refractivity contribution in [2.75, 3.05) is 6.54 Å². The molecule has 1 fully saturated rings. The van der Waals surface area contributed by atoms with Gasteiger partial charge in [0.05, 0.1) is 35.1 Å². The predicted octanol–water partition coefficient (Wildman–Crippen LogP) is 9.10. The molecule has 3 aliphatic rings. The molecule has 7 rings (SSSR count). The van der Waals surface area contributed by atoms with Crippen LogP contribution in [0.1, 0.15) is 99.1 Å². The van der Waals surface area contributed by atoms with Crippen molar-refractivity contribution in [3.8, 4) is 0 Å². The Morgan fingerprint density at radius 1 is 0.706 bits per heavy atom. The number of hydrogen-bond donors (Lipinski definition) is 5. The van der Waals surface area contributed by atoms with Crippen molar-refractivity contribution in [2.45, 2.75) is 71.6 Å². The highest BCUT2D eigenvalue weighted by molar-refractivity contribution is 5.77. The minimum absolute atomic E-state index is 0.0793. The number of benzene rings is 1. The van der Waals surface area contributed by atoms with Crippen LogP contribution in [0.5, 0.6) is 0 Å². The van der Waals surface area contributed by atoms with E-state index in [4.69, 9.17) is 15.9 Å². The molecule has 0 saturated heterocycles. The molecule has 1 aromatic carbocycles. The van der Waals surface area contributed by atoms with Crippen LogP contribution in [0.4, 0.5) is 0 Å². The van der Waals surface area contributed by atoms with Gasteiger partial charge in [0.15, 0.2) is 0 Å². The Balaban J connectivity index is 0.000000161. The number of nitrogens with one attached hydrogen (secondary N) is 2. The molecule has 0 spiro atoms. The van der Waals surface area contributed by atoms with Gasteiger partial charge in [0, 0.05) is 22.1 Å². The van der Waals surface area contributed by atoms with E-state index >= 15 is 0 Å². The molecule has 0 radical (unpaired) electrons. The molecule has 9 nitrogen and oxygen atoms in total. The number of carboxylic acids is 2. The van der Waals surface area contributed by atoms with Crippen LogP contribution in [0.25, 0.3) is 46.4 Å². The molecule has 3 aromatic heterocycles. The van der Waals surface area contributed by atoms with Crippen LogP contribution in [-0.2, 0) is 16.0 Å². The largest absolute Gasteiger partial charge is 0.481 e. The fourth-order valence-electron chi connectivity index (χ4n) is 6.58. The minimum Gasteiger partial charge on any atom is -0.481 e. The first-order valence-corrected chi connectivity index (χ1v) is 17.8. The van der Waals surface area contributed by atoms with Crippen LogP contribution in [0, 0.1) is 11.3 Å². The molecule has 1 aliphatic carbocycles. The van der Waals surface area contributed by atoms with Gasteiger partial charge in [-0.1, -0.05) is 57.4 Å². The normalized spacial score (nSPS) is 14.9. The maximum atomic E-state index is 10.8. The van der Waals surface area contributed by atoms with E-state index in [0.29, 0.717) is 12.5 Å². The summed E-state index contributed by atoms with van der Waals surface area (Å²) < 4.78 is 0. The molecule has 0 amide bonds. The van der Waals surface area contributed by atoms with Gasteiger partial charge in [-0.3, -0.25) is 9.59 Å². The summed E-state index contributed by atoms with van der Waals surface area (Å²) >= 11 is 0. The minimum atomic E-state index is -0.772. The number of carbonyl (C=O) groups is 2. The van der Waals surface area contributed by atoms with E-state index in [1.807, 2.05) is 66.8 Å². The second-order valence-electron chi connectivity index (χ2n) is 14.1. The Hall–Kier alpha value is -5.28. The Morgan fingerprint density at radius 3 is 1.61 bits per heavy atom. The maximum absolute atomic E-state index is 10.8. The molecule has 1 saturated carbocycles. The summed E-state index contributed by atoms with van der Waals surface area (Å²) in [5.41, 5.74) is 15.5. The molecule has 51 heavy (non-hydrogen) atoms. The molecular weight excluding hydrogens is 638 g/mol. The summed E-state index contributed by atoms with van der Waals surface area (Å²) in [7, 11) is 0. The van der Waals surface area contributed by atoms with Crippen molar-refractivity contribution in [2.24, 2.45) is 17.1 Å². The molecule has 6 N–H and O–H groups in total. The van der Waals surface area contributed by atoms with Gasteiger partial charge in [-0.2, -0.15) is 0 Å². The van der Waals surface area contributed by atoms with Crippen LogP contribution < -0.4 is 5.73 Å². The third-order valence-electron chi connectivity index (χ3n) is 9.41. The smallest absolute Gasteiger partial charge is 0.310 e. The predicted molar refractivity (Wildman–Crippen MR) is 207 cm³/mol. The average Bonchev–Trinajstić information content (AvgIpc) is 3.92. The molecule has 5 heterocycles. The number of hydrogen-bond acceptors (Lipinski definition) is 5. The summed E-state index contributed by atoms with van der Waals surface area (Å²) in [6.07, 6.45) is 14.9. The van der Waals surface area contributed by atoms with Gasteiger partial charge in [0.25, 0.3) is 0 Å². The van der Waals surface area contributed by atoms with Crippen LogP contribution >= 0.6 is 0 Å². The number of fused-ring (bicyclic) bond motifs is 8. The molecule has 8 bridgehead atoms. The fourth-order valence-corrected chi connectivity index (χ4v) is 6.58. The molecule has 1 unspecified atom stereocenters. The van der Waals surface area contributed by atoms with Crippen molar-refractivity contribution < 1.29 is 19.8 Å². The van der Waals surface area contributed by atoms with Crippen molar-refractivity contribution >= 4 is 58.3 Å². The number of carboxylic acid groups (broad SMARTS) is 2. The zero-order valence-electron chi connectivity index (χ0n) is 29.7. The lowest BCUT2D eigenvalue weighted by molar-refractivity contribution is -0.140. The van der Waals surface area contributed by atoms with Crippen molar-refractivity contribution in [1.82, 2.24) is 19.9 Å². The lowest BCUT2D eigenvalue weighted by Gasteiger charge is -2.34. The number of rotatable bonds is 7. The Morgan fingerprint density at radius 2 is 1.18 bits per heavy atom. The third-order valence-corrected chi connectivity index (χ3v) is 9.41. The highest BCUT2D eigenvalue weighted by atomic mass is 16.4. The summed E-state index contributed by atoms with van der Waals surface area (Å²) in [6.45, 7) is 6.58. The quantitative estimate of drug-likeness (QED) is 0.112. The highest BCUT2D eigenvalue weighted by Gasteiger charge is 2.32. The Labute approximate surface area is 299 Å². The highest BCUT2D eigenvalue weighted by Crippen LogP contribution is 2.38. The number of aliphatic carboxylic acids is 2. The van der Waals surface area contributed by atoms with E-state index in [9.17, 15) is 9.59 Å². The van der Waals surface area contributed by atoms with E-state index in [1.54, 1.807) is 6.92 Å². The number of aromatic nitrogens is 4. The molecule has 2 aliphatic heterocycles. The number of nitrogens with two attached hydrogens (primary N) is 1. The maximum Gasteiger partial charge on any atom is 0.310 e. The monoisotopic (exact) mass is 687 g/mol. The zero-order valence-corrected chi connectivity index (χ0v) is 29.7. The van der Waals surface area contributed by atoms with E-state index in [2.05, 4.69) is 64.1 Å². The van der Waals surface area contributed by atoms with Crippen LogP contribution in [0.15, 0.2) is 72.8 Å². The standard InChI is InChI=1S/C20H14N4.C13H18O2.C9H17NO2/c1-2-14-10-16-5-6-18(23-16)12-20-8-7-19(24-20)11-17-4-3-15(22-17)9-13(1)21-14;1-9(2)8-11-4-6-12(7-5-11)10(3)13(14)15;10-7-9(6-8(11)12)4-2-1-3-5-9/h1-12,21-22H;4-7,9-10H,8H2,1-3H3,(H,14,15);1-7,10H2,(H,11,12). The topological polar surface area (TPSA) is 158 Å². The zero-order chi connectivity index (χ0) is 36.4. The first kappa shape index (κ1) is 37.0. The first-order chi connectivity index (χ1) is 24.5. The second-order valence-corrected chi connectivity index (χ2v) is 14.1. The fraction of sp³-hybridized carbons (Fsp3) is 0.333. The number of aromatic amines is 2. The van der Waals surface area contributed by atoms with Gasteiger partial charge < -0.3 is 25.9 Å². The average molecular weight is 688 g/mol. The van der Waals surface area contributed by atoms with Gasteiger partial charge in [-0.25, -0.2) is 9.97 Å². The van der Waals surface area contributed by atoms with E-state index in [0.717, 1.165) is 82.5 Å². The lowest BCUT2D eigenvalue weighted by Crippen LogP contribution is -2.34. The van der Waals surface area contributed by atoms with E-state index in [-0.39, 0.29) is 11.8 Å². The van der Waals surface area contributed by atoms with Gasteiger partial charge >= 0.3 is 11.9 Å². The summed E-state index contributed by atoms with van der Waals surface area (Å²) in [5.74, 6) is -1.26. The van der Waals surface area contributed by atoms with Crippen LogP contribution in [-0.4, -0.2) is 48.6 Å². The number of H-pyrrole nitrogens is 2. The van der Waals surface area contributed by atoms with Gasteiger partial charge in [0.1, 0.15) is 0 Å². The van der Waals surface area contributed by atoms with Crippen LogP contribution in [0.2, 0.25) is 0 Å². The van der Waals surface area contributed by atoms with Crippen LogP contribution in [0.3, 0.4) is 0 Å². The molecule has 266 valence electrons. The van der Waals surface area contributed by atoms with Crippen molar-refractivity contribution in [3.05, 3.63) is 107 Å². The summed E-state index contributed by atoms with van der Waals surface area (Å²) in [5, 5.41) is 17.6. The van der Waals surface area contributed by atoms with Gasteiger partial charge in [0.2, 0.25) is 0 Å². The number of nitrogens with zero attached hydrogens (tertiary/aromatic N) is 2. The third kappa shape index (κ3) is 10.9. The molecule has 9 heteroatoms. The lowest BCUT2D eigenvalue weighted by atomic mass is 9.72. The van der Waals surface area contributed by atoms with Gasteiger partial charge in [-0.15, -0.1) is 0 Å². The second kappa shape index (κ2) is 17.1. The van der Waals surface area contributed by atoms with Crippen molar-refractivity contribution in [3.63, 3.8) is 0 Å². The first-order valence-electron chi connectivity index (χ1n) is 17.8.